The molecule has 0 aromatic heterocycles. The molecule has 135 heavy (non-hydrogen) atoms. The van der Waals surface area contributed by atoms with Crippen molar-refractivity contribution in [3.63, 3.8) is 0 Å². The first-order chi connectivity index (χ1) is 63.5. The van der Waals surface area contributed by atoms with E-state index in [-0.39, 0.29) is 135 Å². The third-order valence-electron chi connectivity index (χ3n) is 29.7. The highest BCUT2D eigenvalue weighted by atomic mass is 19.4. The minimum Gasteiger partial charge on any atom is -0.481 e. The molecule has 8 saturated carbocycles. The Morgan fingerprint density at radius 3 is 0.800 bits per heavy atom. The lowest BCUT2D eigenvalue weighted by molar-refractivity contribution is -0.259. The number of alkyl halides is 12. The molecule has 726 valence electrons. The number of carbonyl (C=O) groups is 6. The van der Waals surface area contributed by atoms with Gasteiger partial charge in [0, 0.05) is 76.0 Å². The number of aliphatic carboxylic acids is 1. The first-order valence-electron chi connectivity index (χ1n) is 46.2. The number of carbonyl (C=O) groups excluding carboxylic acids is 5. The standard InChI is InChI=1S/C27H30F3NO4.C26H29F4NO3.C26H28F3NO4.C26H30F3NO2/c1-25(34,27(28,29)30)19-10-8-18(9-11-19)23(32)31(21-12-13-21)22-14-16-26(17-15-22,24(33)35-2)20-6-4-3-5-7-20;1-24(34,26(28,29)30)18-8-6-17(7-9-18)23(33)31(19-10-11-19)20-12-14-25(16-32,15-13-20)21-4-2-3-5-22(21)27;1-24(34,26(27,28)29)18-9-7-17(8-10-18)22(31)30(20-11-12-20)21-13-15-25(16-14-21,23(32)33)19-5-3-2-4-6-19;1-24(19-6-4-3-5-7-19)16-14-22(15-17-24)30(21-12-13-21)23(31)18-8-10-20(11-9-18)25(2,32)26(27,28)29/h3-11,21-22,34H,12-17H2,1-2H3;2-9,19-20,32,34H,10-16H2,1H3;2-10,20-21,34H,11-16H2,1H3,(H,32,33);3-11,21-22,32H,12-17H2,1-2H3/t22?,25-,26?;20?,24-,25?;21?,24-,25?;22?,24?,25-/m0000/s1. The van der Waals surface area contributed by atoms with Crippen molar-refractivity contribution in [2.45, 2.75) is 306 Å². The predicted octanol–water partition coefficient (Wildman–Crippen LogP) is 21.2. The minimum absolute atomic E-state index is 0.0597. The van der Waals surface area contributed by atoms with Gasteiger partial charge in [-0.3, -0.25) is 28.8 Å². The van der Waals surface area contributed by atoms with Crippen molar-refractivity contribution < 1.29 is 121 Å². The molecule has 0 spiro atoms. The molecule has 17 nitrogen and oxygen atoms in total. The van der Waals surface area contributed by atoms with Crippen LogP contribution in [0, 0.1) is 5.82 Å². The highest BCUT2D eigenvalue weighted by molar-refractivity contribution is 5.97. The zero-order valence-electron chi connectivity index (χ0n) is 76.2. The monoisotopic (exact) mass is 1890 g/mol. The highest BCUT2D eigenvalue weighted by Crippen LogP contribution is 2.52. The highest BCUT2D eigenvalue weighted by Gasteiger charge is 2.57. The smallest absolute Gasteiger partial charge is 0.421 e. The van der Waals surface area contributed by atoms with E-state index in [2.05, 4.69) is 31.2 Å². The minimum atomic E-state index is -4.84. The number of esters is 1. The molecule has 4 amide bonds. The number of rotatable bonds is 23. The molecule has 4 atom stereocenters. The summed E-state index contributed by atoms with van der Waals surface area (Å²) in [6, 6.07) is 56.0. The summed E-state index contributed by atoms with van der Waals surface area (Å²) in [4.78, 5) is 86.1. The number of hydrogen-bond donors (Lipinski definition) is 6. The first kappa shape index (κ1) is 102. The van der Waals surface area contributed by atoms with Gasteiger partial charge in [-0.2, -0.15) is 52.7 Å². The molecule has 0 bridgehead atoms. The zero-order valence-corrected chi connectivity index (χ0v) is 76.2. The lowest BCUT2D eigenvalue weighted by Gasteiger charge is -2.43. The Hall–Kier alpha value is -10.5. The van der Waals surface area contributed by atoms with Crippen molar-refractivity contribution in [3.8, 4) is 0 Å². The topological polar surface area (TPSA) is 246 Å². The van der Waals surface area contributed by atoms with Crippen LogP contribution in [0.1, 0.15) is 275 Å². The van der Waals surface area contributed by atoms with Crippen molar-refractivity contribution in [1.29, 1.82) is 0 Å². The number of halogens is 13. The van der Waals surface area contributed by atoms with Crippen molar-refractivity contribution >= 4 is 35.6 Å². The van der Waals surface area contributed by atoms with E-state index < -0.39 is 69.3 Å². The van der Waals surface area contributed by atoms with Gasteiger partial charge in [0.2, 0.25) is 0 Å². The zero-order chi connectivity index (χ0) is 98.0. The molecular weight excluding hydrogens is 1770 g/mol. The summed E-state index contributed by atoms with van der Waals surface area (Å²) >= 11 is 0. The van der Waals surface area contributed by atoms with Gasteiger partial charge in [-0.05, 0) is 286 Å². The quantitative estimate of drug-likeness (QED) is 0.0258. The molecule has 0 radical (unpaired) electrons. The second-order valence-corrected chi connectivity index (χ2v) is 38.8. The first-order valence-corrected chi connectivity index (χ1v) is 46.2. The number of carboxylic acid groups (broad SMARTS) is 1. The van der Waals surface area contributed by atoms with Gasteiger partial charge in [-0.1, -0.05) is 165 Å². The van der Waals surface area contributed by atoms with Gasteiger partial charge in [0.15, 0.2) is 22.4 Å². The van der Waals surface area contributed by atoms with Gasteiger partial charge in [0.25, 0.3) is 23.6 Å². The van der Waals surface area contributed by atoms with Gasteiger partial charge in [0.1, 0.15) is 5.82 Å². The van der Waals surface area contributed by atoms with Crippen molar-refractivity contribution in [2.24, 2.45) is 0 Å². The number of hydrogen-bond acceptors (Lipinski definition) is 12. The number of ether oxygens (including phenoxy) is 1. The molecule has 0 aliphatic heterocycles. The fourth-order valence-electron chi connectivity index (χ4n) is 20.1. The Labute approximate surface area is 777 Å². The molecule has 6 N–H and O–H groups in total. The third-order valence-corrected chi connectivity index (χ3v) is 29.7. The van der Waals surface area contributed by atoms with Crippen molar-refractivity contribution in [3.05, 3.63) is 285 Å². The van der Waals surface area contributed by atoms with Crippen LogP contribution in [-0.4, -0.2) is 173 Å². The van der Waals surface area contributed by atoms with Gasteiger partial charge >= 0.3 is 36.6 Å². The summed E-state index contributed by atoms with van der Waals surface area (Å²) in [5.74, 6) is -2.38. The van der Waals surface area contributed by atoms with E-state index in [9.17, 15) is 116 Å². The lowest BCUT2D eigenvalue weighted by Crippen LogP contribution is -2.49. The number of methoxy groups -OCH3 is 1. The SMILES string of the molecule is CC1(c2ccccc2)CCC(N(C(=O)c2ccc([C@](C)(O)C(F)(F)F)cc2)C2CC2)CC1.COC(=O)C1(c2ccccc2)CCC(N(C(=O)c2ccc([C@](C)(O)C(F)(F)F)cc2)C2CC2)CC1.C[C@](O)(c1ccc(C(=O)N(C2CC2)C2CCC(C(=O)O)(c3ccccc3)CC2)cc1)C(F)(F)F.C[C@](O)(c1ccc(C(=O)N(C2CC2)C2CCC(CO)(c3ccccc3F)CC2)cc1)C(F)(F)F. The Kier molecular flexibility index (Phi) is 30.1. The Morgan fingerprint density at radius 1 is 0.326 bits per heavy atom. The second-order valence-electron chi connectivity index (χ2n) is 38.8. The van der Waals surface area contributed by atoms with Crippen LogP contribution in [0.25, 0.3) is 0 Å². The maximum Gasteiger partial charge on any atom is 0.421 e. The molecule has 8 aromatic carbocycles. The van der Waals surface area contributed by atoms with E-state index >= 15 is 0 Å². The van der Waals surface area contributed by atoms with Crippen LogP contribution in [0.2, 0.25) is 0 Å². The second kappa shape index (κ2) is 39.9. The van der Waals surface area contributed by atoms with Gasteiger partial charge in [0.05, 0.1) is 24.5 Å². The Morgan fingerprint density at radius 2 is 0.556 bits per heavy atom. The maximum absolute atomic E-state index is 14.5. The van der Waals surface area contributed by atoms with E-state index in [1.165, 1.54) is 79.4 Å². The van der Waals surface area contributed by atoms with Crippen LogP contribution in [0.4, 0.5) is 57.1 Å². The van der Waals surface area contributed by atoms with E-state index in [4.69, 9.17) is 4.74 Å². The third kappa shape index (κ3) is 21.7. The molecule has 8 fully saturated rings. The van der Waals surface area contributed by atoms with Crippen LogP contribution in [0.5, 0.6) is 0 Å². The molecular formula is C105H117F13N4O13. The number of aliphatic hydroxyl groups excluding tert-OH is 1. The summed E-state index contributed by atoms with van der Waals surface area (Å²) in [7, 11) is 1.39. The van der Waals surface area contributed by atoms with Crippen LogP contribution in [0.15, 0.2) is 212 Å². The molecule has 30 heteroatoms. The number of benzene rings is 8. The maximum atomic E-state index is 14.5. The van der Waals surface area contributed by atoms with Gasteiger partial charge in [-0.15, -0.1) is 0 Å². The number of nitrogens with zero attached hydrogens (tertiary/aromatic N) is 4. The fourth-order valence-corrected chi connectivity index (χ4v) is 20.1. The molecule has 8 aliphatic carbocycles. The summed E-state index contributed by atoms with van der Waals surface area (Å²) in [6.07, 6.45) is -1.92. The summed E-state index contributed by atoms with van der Waals surface area (Å²) in [6.45, 7) is 4.90. The van der Waals surface area contributed by atoms with Crippen LogP contribution in [0.3, 0.4) is 0 Å². The van der Waals surface area contributed by atoms with Crippen LogP contribution >= 0.6 is 0 Å². The summed E-state index contributed by atoms with van der Waals surface area (Å²) in [5, 5.41) is 59.8. The molecule has 16 rings (SSSR count). The average Bonchev–Trinajstić information content (AvgIpc) is 1.75. The normalized spacial score (nSPS) is 24.9. The van der Waals surface area contributed by atoms with Gasteiger partial charge < -0.3 is 55.0 Å². The lowest BCUT2D eigenvalue weighted by atomic mass is 9.68. The number of aliphatic hydroxyl groups is 5. The summed E-state index contributed by atoms with van der Waals surface area (Å²) < 4.78 is 177. The number of amides is 4. The van der Waals surface area contributed by atoms with E-state index in [1.54, 1.807) is 23.1 Å². The van der Waals surface area contributed by atoms with Gasteiger partial charge in [-0.25, -0.2) is 4.39 Å². The van der Waals surface area contributed by atoms with Crippen molar-refractivity contribution in [2.75, 3.05) is 13.7 Å². The predicted molar refractivity (Wildman–Crippen MR) is 479 cm³/mol. The largest absolute Gasteiger partial charge is 0.481 e. The number of carboxylic acids is 1. The molecule has 8 aromatic rings. The van der Waals surface area contributed by atoms with E-state index in [1.807, 2.05) is 81.4 Å². The van der Waals surface area contributed by atoms with Crippen molar-refractivity contribution in [1.82, 2.24) is 19.6 Å². The average molecular weight is 1890 g/mol. The Balaban J connectivity index is 0.000000153. The fraction of sp³-hybridized carbons (Fsp3) is 0.486. The molecule has 0 saturated heterocycles. The Bertz CT molecular complexity index is 5400. The van der Waals surface area contributed by atoms with Crippen LogP contribution < -0.4 is 0 Å². The molecule has 0 heterocycles. The van der Waals surface area contributed by atoms with E-state index in [0.29, 0.717) is 109 Å². The molecule has 8 aliphatic rings. The summed E-state index contributed by atoms with van der Waals surface area (Å²) in [5.41, 5.74) is -10.9. The molecule has 0 unspecified atom stereocenters. The van der Waals surface area contributed by atoms with E-state index in [0.717, 1.165) is 131 Å². The van der Waals surface area contributed by atoms with Crippen LogP contribution in [-0.2, 0) is 58.4 Å².